The summed E-state index contributed by atoms with van der Waals surface area (Å²) in [5.74, 6) is 1.32. The summed E-state index contributed by atoms with van der Waals surface area (Å²) in [5.41, 5.74) is 3.32. The van der Waals surface area contributed by atoms with Gasteiger partial charge in [-0.2, -0.15) is 0 Å². The van der Waals surface area contributed by atoms with Crippen molar-refractivity contribution in [3.05, 3.63) is 66.5 Å². The summed E-state index contributed by atoms with van der Waals surface area (Å²) >= 11 is 0. The molecule has 1 aliphatic rings. The number of benzene rings is 2. The third-order valence-electron chi connectivity index (χ3n) is 5.90. The minimum absolute atomic E-state index is 0.237. The first-order chi connectivity index (χ1) is 16.7. The second-order valence-electron chi connectivity index (χ2n) is 10.1. The maximum atomic E-state index is 13.0. The minimum atomic E-state index is -0.558. The van der Waals surface area contributed by atoms with Crippen molar-refractivity contribution in [2.24, 2.45) is 0 Å². The van der Waals surface area contributed by atoms with Crippen molar-refractivity contribution < 1.29 is 9.53 Å². The number of carbonyl (C=O) groups excluding carboxylic acids is 1. The molecule has 2 heterocycles. The molecule has 1 fully saturated rings. The molecule has 1 atom stereocenters. The van der Waals surface area contributed by atoms with Crippen LogP contribution < -0.4 is 10.2 Å². The number of likely N-dealkylation sites (tertiary alicyclic amines) is 1. The van der Waals surface area contributed by atoms with Crippen molar-refractivity contribution in [2.45, 2.75) is 51.7 Å². The van der Waals surface area contributed by atoms with Gasteiger partial charge in [0.25, 0.3) is 0 Å². The van der Waals surface area contributed by atoms with Crippen molar-refractivity contribution in [1.29, 1.82) is 0 Å². The Kier molecular flexibility index (Phi) is 7.24. The fraction of sp³-hybridized carbons (Fsp3) is 0.393. The second-order valence-corrected chi connectivity index (χ2v) is 10.1. The lowest BCUT2D eigenvalue weighted by molar-refractivity contribution is 0.00846. The van der Waals surface area contributed by atoms with Gasteiger partial charge in [-0.1, -0.05) is 30.3 Å². The Bertz CT molecular complexity index is 1140. The summed E-state index contributed by atoms with van der Waals surface area (Å²) in [4.78, 5) is 26.7. The van der Waals surface area contributed by atoms with Gasteiger partial charge in [-0.05, 0) is 64.3 Å². The minimum Gasteiger partial charge on any atom is -0.444 e. The Morgan fingerprint density at radius 2 is 1.74 bits per heavy atom. The van der Waals surface area contributed by atoms with Gasteiger partial charge in [-0.25, -0.2) is 14.8 Å². The summed E-state index contributed by atoms with van der Waals surface area (Å²) in [6.07, 6.45) is 2.44. The molecule has 184 valence electrons. The maximum absolute atomic E-state index is 13.0. The lowest BCUT2D eigenvalue weighted by Crippen LogP contribution is -2.42. The highest BCUT2D eigenvalue weighted by molar-refractivity contribution is 5.70. The molecule has 2 aromatic carbocycles. The van der Waals surface area contributed by atoms with Crippen LogP contribution in [-0.4, -0.2) is 47.2 Å². The summed E-state index contributed by atoms with van der Waals surface area (Å²) in [5, 5.41) is 3.44. The largest absolute Gasteiger partial charge is 0.444 e. The molecular weight excluding hydrogens is 438 g/mol. The van der Waals surface area contributed by atoms with E-state index in [0.717, 1.165) is 41.9 Å². The molecule has 7 heteroatoms. The first-order valence-electron chi connectivity index (χ1n) is 12.2. The topological polar surface area (TPSA) is 70.6 Å². The van der Waals surface area contributed by atoms with Crippen LogP contribution in [0.2, 0.25) is 0 Å². The van der Waals surface area contributed by atoms with Gasteiger partial charge in [-0.3, -0.25) is 4.90 Å². The quantitative estimate of drug-likeness (QED) is 0.461. The number of ether oxygens (including phenoxy) is 1. The monoisotopic (exact) mass is 473 g/mol. The molecule has 1 saturated heterocycles. The zero-order chi connectivity index (χ0) is 25.0. The Balaban J connectivity index is 1.70. The molecule has 7 nitrogen and oxygen atoms in total. The smallest absolute Gasteiger partial charge is 0.410 e. The second kappa shape index (κ2) is 10.3. The van der Waals surface area contributed by atoms with E-state index in [-0.39, 0.29) is 12.1 Å². The van der Waals surface area contributed by atoms with Crippen LogP contribution in [0.5, 0.6) is 0 Å². The third kappa shape index (κ3) is 6.29. The van der Waals surface area contributed by atoms with Gasteiger partial charge in [0.1, 0.15) is 11.4 Å². The highest BCUT2D eigenvalue weighted by Crippen LogP contribution is 2.33. The van der Waals surface area contributed by atoms with Crippen molar-refractivity contribution in [3.8, 4) is 11.3 Å². The van der Waals surface area contributed by atoms with Crippen LogP contribution >= 0.6 is 0 Å². The number of carbonyl (C=O) groups is 1. The van der Waals surface area contributed by atoms with E-state index in [2.05, 4.69) is 22.3 Å². The SMILES string of the molecule is CN(C)c1ccc(Nc2cc(-c3ccccc3)nc(C3CCCCN3C(=O)OC(C)(C)C)n2)cc1. The van der Waals surface area contributed by atoms with Crippen LogP contribution in [-0.2, 0) is 4.74 Å². The number of anilines is 3. The van der Waals surface area contributed by atoms with Gasteiger partial charge >= 0.3 is 6.09 Å². The molecule has 1 aromatic heterocycles. The van der Waals surface area contributed by atoms with Gasteiger partial charge in [-0.15, -0.1) is 0 Å². The Labute approximate surface area is 208 Å². The van der Waals surface area contributed by atoms with E-state index >= 15 is 0 Å². The van der Waals surface area contributed by atoms with Crippen molar-refractivity contribution in [3.63, 3.8) is 0 Å². The third-order valence-corrected chi connectivity index (χ3v) is 5.90. The molecule has 0 saturated carbocycles. The molecule has 1 amide bonds. The lowest BCUT2D eigenvalue weighted by Gasteiger charge is -2.36. The first-order valence-corrected chi connectivity index (χ1v) is 12.2. The number of nitrogens with one attached hydrogen (secondary N) is 1. The van der Waals surface area contributed by atoms with E-state index in [4.69, 9.17) is 14.7 Å². The molecule has 0 bridgehead atoms. The van der Waals surface area contributed by atoms with Gasteiger partial charge in [0, 0.05) is 43.6 Å². The molecule has 4 rings (SSSR count). The summed E-state index contributed by atoms with van der Waals surface area (Å²) in [6.45, 7) is 6.30. The van der Waals surface area contributed by atoms with Crippen molar-refractivity contribution >= 4 is 23.3 Å². The van der Waals surface area contributed by atoms with Crippen molar-refractivity contribution in [1.82, 2.24) is 14.9 Å². The predicted octanol–water partition coefficient (Wildman–Crippen LogP) is 6.42. The summed E-state index contributed by atoms with van der Waals surface area (Å²) < 4.78 is 5.71. The van der Waals surface area contributed by atoms with Gasteiger partial charge in [0.05, 0.1) is 11.7 Å². The summed E-state index contributed by atoms with van der Waals surface area (Å²) in [6, 6.07) is 20.0. The number of piperidine rings is 1. The van der Waals surface area contributed by atoms with E-state index < -0.39 is 5.60 Å². The lowest BCUT2D eigenvalue weighted by atomic mass is 10.0. The fourth-order valence-corrected chi connectivity index (χ4v) is 4.17. The van der Waals surface area contributed by atoms with E-state index in [0.29, 0.717) is 18.2 Å². The number of hydrogen-bond acceptors (Lipinski definition) is 6. The predicted molar refractivity (Wildman–Crippen MR) is 141 cm³/mol. The molecular formula is C28H35N5O2. The van der Waals surface area contributed by atoms with Gasteiger partial charge in [0.2, 0.25) is 0 Å². The van der Waals surface area contributed by atoms with E-state index in [1.54, 1.807) is 4.90 Å². The Morgan fingerprint density at radius 3 is 2.40 bits per heavy atom. The van der Waals surface area contributed by atoms with Gasteiger partial charge in [0.15, 0.2) is 5.82 Å². The average molecular weight is 474 g/mol. The molecule has 0 radical (unpaired) electrons. The molecule has 1 unspecified atom stereocenters. The van der Waals surface area contributed by atoms with Crippen LogP contribution in [0.4, 0.5) is 22.0 Å². The fourth-order valence-electron chi connectivity index (χ4n) is 4.17. The zero-order valence-corrected chi connectivity index (χ0v) is 21.3. The average Bonchev–Trinajstić information content (AvgIpc) is 2.84. The summed E-state index contributed by atoms with van der Waals surface area (Å²) in [7, 11) is 4.04. The maximum Gasteiger partial charge on any atom is 0.410 e. The van der Waals surface area contributed by atoms with Crippen LogP contribution in [0, 0.1) is 0 Å². The molecule has 0 spiro atoms. The number of hydrogen-bond donors (Lipinski definition) is 1. The molecule has 1 aliphatic heterocycles. The van der Waals surface area contributed by atoms with Gasteiger partial charge < -0.3 is 15.0 Å². The zero-order valence-electron chi connectivity index (χ0n) is 21.3. The highest BCUT2D eigenvalue weighted by Gasteiger charge is 2.33. The number of nitrogens with zero attached hydrogens (tertiary/aromatic N) is 4. The molecule has 35 heavy (non-hydrogen) atoms. The Morgan fingerprint density at radius 1 is 1.03 bits per heavy atom. The van der Waals surface area contributed by atoms with Crippen LogP contribution in [0.3, 0.4) is 0 Å². The van der Waals surface area contributed by atoms with E-state index in [1.165, 1.54) is 0 Å². The van der Waals surface area contributed by atoms with E-state index in [1.807, 2.05) is 83.4 Å². The molecule has 1 N–H and O–H groups in total. The Hall–Kier alpha value is -3.61. The standard InChI is InChI=1S/C28H35N5O2/c1-28(2,3)35-27(34)33-18-10-9-13-24(33)26-30-23(20-11-7-6-8-12-20)19-25(31-26)29-21-14-16-22(17-15-21)32(4)5/h6-8,11-12,14-17,19,24H,9-10,13,18H2,1-5H3,(H,29,30,31). The first kappa shape index (κ1) is 24.5. The van der Waals surface area contributed by atoms with Crippen LogP contribution in [0.1, 0.15) is 51.9 Å². The number of amides is 1. The van der Waals surface area contributed by atoms with Crippen LogP contribution in [0.15, 0.2) is 60.7 Å². The normalized spacial score (nSPS) is 16.0. The molecule has 3 aromatic rings. The molecule has 0 aliphatic carbocycles. The van der Waals surface area contributed by atoms with Crippen LogP contribution in [0.25, 0.3) is 11.3 Å². The number of rotatable bonds is 5. The number of aromatic nitrogens is 2. The van der Waals surface area contributed by atoms with Crippen molar-refractivity contribution in [2.75, 3.05) is 30.9 Å². The van der Waals surface area contributed by atoms with E-state index in [9.17, 15) is 4.79 Å². The highest BCUT2D eigenvalue weighted by atomic mass is 16.6.